The van der Waals surface area contributed by atoms with Crippen molar-refractivity contribution in [3.63, 3.8) is 0 Å². The molecule has 0 aliphatic rings. The third-order valence-corrected chi connectivity index (χ3v) is 3.01. The molecule has 0 aliphatic carbocycles. The zero-order chi connectivity index (χ0) is 13.9. The van der Waals surface area contributed by atoms with Crippen molar-refractivity contribution < 1.29 is 14.7 Å². The van der Waals surface area contributed by atoms with Gasteiger partial charge in [-0.05, 0) is 32.0 Å². The summed E-state index contributed by atoms with van der Waals surface area (Å²) in [6.07, 6.45) is 0. The summed E-state index contributed by atoms with van der Waals surface area (Å²) in [5, 5.41) is 12.1. The molecule has 98 valence electrons. The Balaban J connectivity index is 2.78. The topological polar surface area (TPSA) is 66.4 Å². The van der Waals surface area contributed by atoms with Gasteiger partial charge in [0.15, 0.2) is 0 Å². The van der Waals surface area contributed by atoms with E-state index in [1.165, 1.54) is 26.0 Å². The van der Waals surface area contributed by atoms with Crippen molar-refractivity contribution in [3.8, 4) is 0 Å². The Hall–Kier alpha value is -1.26. The summed E-state index contributed by atoms with van der Waals surface area (Å²) in [6.45, 7) is 3.05. The van der Waals surface area contributed by atoms with Gasteiger partial charge in [-0.15, -0.1) is 0 Å². The summed E-state index contributed by atoms with van der Waals surface area (Å²) in [4.78, 5) is 22.7. The lowest BCUT2D eigenvalue weighted by atomic mass is 9.94. The Kier molecular flexibility index (Phi) is 4.59. The van der Waals surface area contributed by atoms with Gasteiger partial charge in [-0.2, -0.15) is 0 Å². The van der Waals surface area contributed by atoms with Crippen LogP contribution in [-0.2, 0) is 4.79 Å². The number of carboxylic acid groups (broad SMARTS) is 1. The first-order valence-corrected chi connectivity index (χ1v) is 5.96. The normalized spacial score (nSPS) is 11.1. The van der Waals surface area contributed by atoms with Gasteiger partial charge in [0.2, 0.25) is 0 Å². The average Bonchev–Trinajstić information content (AvgIpc) is 2.29. The molecule has 0 heterocycles. The lowest BCUT2D eigenvalue weighted by molar-refractivity contribution is -0.146. The fourth-order valence-electron chi connectivity index (χ4n) is 1.14. The highest BCUT2D eigenvalue weighted by Crippen LogP contribution is 2.21. The maximum atomic E-state index is 11.8. The fourth-order valence-corrected chi connectivity index (χ4v) is 1.52. The lowest BCUT2D eigenvalue weighted by Gasteiger charge is -2.19. The van der Waals surface area contributed by atoms with E-state index in [9.17, 15) is 9.59 Å². The van der Waals surface area contributed by atoms with Crippen LogP contribution in [0.3, 0.4) is 0 Å². The lowest BCUT2D eigenvalue weighted by Crippen LogP contribution is -2.39. The van der Waals surface area contributed by atoms with E-state index >= 15 is 0 Å². The van der Waals surface area contributed by atoms with Crippen LogP contribution < -0.4 is 5.32 Å². The highest BCUT2D eigenvalue weighted by atomic mass is 35.5. The van der Waals surface area contributed by atoms with Gasteiger partial charge < -0.3 is 10.4 Å². The number of benzene rings is 1. The van der Waals surface area contributed by atoms with E-state index < -0.39 is 17.3 Å². The molecule has 18 heavy (non-hydrogen) atoms. The summed E-state index contributed by atoms with van der Waals surface area (Å²) in [7, 11) is 0. The van der Waals surface area contributed by atoms with Gasteiger partial charge in [0, 0.05) is 11.6 Å². The number of hydrogen-bond donors (Lipinski definition) is 2. The van der Waals surface area contributed by atoms with Gasteiger partial charge in [-0.1, -0.05) is 23.2 Å². The molecular formula is C12H13Cl2NO3. The maximum absolute atomic E-state index is 11.8. The number of carboxylic acids is 1. The van der Waals surface area contributed by atoms with Crippen LogP contribution >= 0.6 is 23.2 Å². The second kappa shape index (κ2) is 5.59. The minimum Gasteiger partial charge on any atom is -0.481 e. The summed E-state index contributed by atoms with van der Waals surface area (Å²) in [5.74, 6) is -1.43. The molecule has 6 heteroatoms. The molecule has 2 N–H and O–H groups in total. The largest absolute Gasteiger partial charge is 0.481 e. The first-order valence-electron chi connectivity index (χ1n) is 5.20. The minimum absolute atomic E-state index is 0.00398. The molecule has 0 saturated carbocycles. The first kappa shape index (κ1) is 14.8. The molecule has 0 saturated heterocycles. The van der Waals surface area contributed by atoms with Crippen LogP contribution in [0.2, 0.25) is 10.0 Å². The number of carbonyl (C=O) groups excluding carboxylic acids is 1. The average molecular weight is 290 g/mol. The fraction of sp³-hybridized carbons (Fsp3) is 0.333. The third kappa shape index (κ3) is 3.62. The standard InChI is InChI=1S/C12H13Cl2NO3/c1-12(2,11(17)18)6-15-10(16)8-5-7(13)3-4-9(8)14/h3-5H,6H2,1-2H3,(H,15,16)(H,17,18). The number of rotatable bonds is 4. The molecule has 0 aliphatic heterocycles. The molecule has 0 spiro atoms. The summed E-state index contributed by atoms with van der Waals surface area (Å²) in [5.41, 5.74) is -0.814. The van der Waals surface area contributed by atoms with Gasteiger partial charge in [0.25, 0.3) is 5.91 Å². The molecule has 0 unspecified atom stereocenters. The van der Waals surface area contributed by atoms with E-state index in [1.807, 2.05) is 0 Å². The molecule has 0 aromatic heterocycles. The van der Waals surface area contributed by atoms with Crippen LogP contribution in [0, 0.1) is 5.41 Å². The second-order valence-electron chi connectivity index (χ2n) is 4.50. The first-order chi connectivity index (χ1) is 8.24. The Labute approximate surface area is 115 Å². The van der Waals surface area contributed by atoms with Crippen LogP contribution in [-0.4, -0.2) is 23.5 Å². The summed E-state index contributed by atoms with van der Waals surface area (Å²) < 4.78 is 0. The molecular weight excluding hydrogens is 277 g/mol. The molecule has 0 radical (unpaired) electrons. The zero-order valence-electron chi connectivity index (χ0n) is 9.96. The molecule has 1 aromatic carbocycles. The smallest absolute Gasteiger partial charge is 0.310 e. The highest BCUT2D eigenvalue weighted by Gasteiger charge is 2.28. The number of halogens is 2. The van der Waals surface area contributed by atoms with E-state index in [1.54, 1.807) is 6.07 Å². The molecule has 0 fully saturated rings. The Morgan fingerprint density at radius 2 is 1.94 bits per heavy atom. The van der Waals surface area contributed by atoms with Gasteiger partial charge in [-0.3, -0.25) is 9.59 Å². The Morgan fingerprint density at radius 3 is 2.50 bits per heavy atom. The van der Waals surface area contributed by atoms with Crippen molar-refractivity contribution >= 4 is 35.1 Å². The van der Waals surface area contributed by atoms with Gasteiger partial charge >= 0.3 is 5.97 Å². The van der Waals surface area contributed by atoms with Crippen molar-refractivity contribution in [1.29, 1.82) is 0 Å². The number of hydrogen-bond acceptors (Lipinski definition) is 2. The Bertz CT molecular complexity index is 486. The second-order valence-corrected chi connectivity index (χ2v) is 5.34. The van der Waals surface area contributed by atoms with Crippen LogP contribution in [0.5, 0.6) is 0 Å². The molecule has 1 rings (SSSR count). The number of carbonyl (C=O) groups is 2. The van der Waals surface area contributed by atoms with Crippen LogP contribution in [0.4, 0.5) is 0 Å². The quantitative estimate of drug-likeness (QED) is 0.896. The summed E-state index contributed by atoms with van der Waals surface area (Å²) >= 11 is 11.6. The van der Waals surface area contributed by atoms with Gasteiger partial charge in [-0.25, -0.2) is 0 Å². The summed E-state index contributed by atoms with van der Waals surface area (Å²) in [6, 6.07) is 4.52. The van der Waals surface area contributed by atoms with E-state index in [0.29, 0.717) is 5.02 Å². The minimum atomic E-state index is -1.04. The number of nitrogens with one attached hydrogen (secondary N) is 1. The van der Waals surface area contributed by atoms with Crippen molar-refractivity contribution in [3.05, 3.63) is 33.8 Å². The zero-order valence-corrected chi connectivity index (χ0v) is 11.5. The van der Waals surface area contributed by atoms with Crippen LogP contribution in [0.15, 0.2) is 18.2 Å². The number of amides is 1. The van der Waals surface area contributed by atoms with E-state index in [4.69, 9.17) is 28.3 Å². The van der Waals surface area contributed by atoms with Crippen LogP contribution in [0.25, 0.3) is 0 Å². The van der Waals surface area contributed by atoms with Gasteiger partial charge in [0.1, 0.15) is 0 Å². The van der Waals surface area contributed by atoms with Crippen LogP contribution in [0.1, 0.15) is 24.2 Å². The molecule has 1 aromatic rings. The molecule has 0 bridgehead atoms. The SMILES string of the molecule is CC(C)(CNC(=O)c1cc(Cl)ccc1Cl)C(=O)O. The molecule has 1 amide bonds. The predicted octanol–water partition coefficient (Wildman–Crippen LogP) is 2.83. The van der Waals surface area contributed by atoms with Crippen molar-refractivity contribution in [2.45, 2.75) is 13.8 Å². The third-order valence-electron chi connectivity index (χ3n) is 2.44. The monoisotopic (exact) mass is 289 g/mol. The Morgan fingerprint density at radius 1 is 1.33 bits per heavy atom. The molecule has 4 nitrogen and oxygen atoms in total. The van der Waals surface area contributed by atoms with E-state index in [-0.39, 0.29) is 17.1 Å². The predicted molar refractivity (Wildman–Crippen MR) is 70.2 cm³/mol. The van der Waals surface area contributed by atoms with Crippen molar-refractivity contribution in [2.75, 3.05) is 6.54 Å². The molecule has 0 atom stereocenters. The highest BCUT2D eigenvalue weighted by molar-refractivity contribution is 6.35. The number of aliphatic carboxylic acids is 1. The maximum Gasteiger partial charge on any atom is 0.310 e. The van der Waals surface area contributed by atoms with E-state index in [2.05, 4.69) is 5.32 Å². The van der Waals surface area contributed by atoms with E-state index in [0.717, 1.165) is 0 Å². The van der Waals surface area contributed by atoms with Crippen molar-refractivity contribution in [2.24, 2.45) is 5.41 Å². The van der Waals surface area contributed by atoms with Gasteiger partial charge in [0.05, 0.1) is 16.0 Å². The van der Waals surface area contributed by atoms with Crippen molar-refractivity contribution in [1.82, 2.24) is 5.32 Å².